The van der Waals surface area contributed by atoms with Gasteiger partial charge in [0.2, 0.25) is 0 Å². The molecule has 0 fully saturated rings. The Morgan fingerprint density at radius 1 is 1.37 bits per heavy atom. The van der Waals surface area contributed by atoms with Crippen LogP contribution in [-0.4, -0.2) is 19.0 Å². The van der Waals surface area contributed by atoms with Crippen LogP contribution in [0.4, 0.5) is 5.69 Å². The van der Waals surface area contributed by atoms with Gasteiger partial charge in [-0.15, -0.1) is 0 Å². The van der Waals surface area contributed by atoms with E-state index in [0.717, 1.165) is 43.1 Å². The first-order chi connectivity index (χ1) is 9.16. The molecule has 1 heterocycles. The Kier molecular flexibility index (Phi) is 4.83. The molecule has 0 aromatic heterocycles. The van der Waals surface area contributed by atoms with E-state index in [1.807, 2.05) is 12.1 Å². The summed E-state index contributed by atoms with van der Waals surface area (Å²) in [4.78, 5) is 12.0. The molecule has 104 valence electrons. The number of fused-ring (bicyclic) bond motifs is 1. The smallest absolute Gasteiger partial charge is 0.251 e. The second-order valence-corrected chi connectivity index (χ2v) is 5.69. The van der Waals surface area contributed by atoms with Crippen LogP contribution in [0.3, 0.4) is 0 Å². The summed E-state index contributed by atoms with van der Waals surface area (Å²) < 4.78 is 0. The fraction of sp³-hybridized carbons (Fsp3) is 0.562. The molecule has 2 N–H and O–H groups in total. The summed E-state index contributed by atoms with van der Waals surface area (Å²) in [6.45, 7) is 6.22. The largest absolute Gasteiger partial charge is 0.384 e. The highest BCUT2D eigenvalue weighted by Gasteiger charge is 2.12. The van der Waals surface area contributed by atoms with Gasteiger partial charge in [-0.1, -0.05) is 32.8 Å². The summed E-state index contributed by atoms with van der Waals surface area (Å²) in [5, 5.41) is 6.30. The van der Waals surface area contributed by atoms with Gasteiger partial charge >= 0.3 is 0 Å². The molecule has 0 atom stereocenters. The molecule has 3 nitrogen and oxygen atoms in total. The second-order valence-electron chi connectivity index (χ2n) is 5.69. The standard InChI is InChI=1S/C16H24N2O/c1-12(2)5-3-4-9-18-16(19)14-7-6-13-8-10-17-15(13)11-14/h6-7,11-12,17H,3-5,8-10H2,1-2H3,(H,18,19). The normalized spacial score (nSPS) is 13.2. The van der Waals surface area contributed by atoms with Gasteiger partial charge in [0.15, 0.2) is 0 Å². The lowest BCUT2D eigenvalue weighted by Crippen LogP contribution is -2.24. The summed E-state index contributed by atoms with van der Waals surface area (Å²) >= 11 is 0. The third-order valence-corrected chi connectivity index (χ3v) is 3.58. The van der Waals surface area contributed by atoms with E-state index in [-0.39, 0.29) is 5.91 Å². The third-order valence-electron chi connectivity index (χ3n) is 3.58. The third kappa shape index (κ3) is 3.98. The Morgan fingerprint density at radius 3 is 3.00 bits per heavy atom. The van der Waals surface area contributed by atoms with Crippen LogP contribution in [-0.2, 0) is 6.42 Å². The molecule has 0 aliphatic carbocycles. The number of unbranched alkanes of at least 4 members (excludes halogenated alkanes) is 1. The summed E-state index contributed by atoms with van der Waals surface area (Å²) in [5.74, 6) is 0.791. The predicted molar refractivity (Wildman–Crippen MR) is 79.7 cm³/mol. The van der Waals surface area contributed by atoms with Crippen LogP contribution >= 0.6 is 0 Å². The number of nitrogens with one attached hydrogen (secondary N) is 2. The SMILES string of the molecule is CC(C)CCCCNC(=O)c1ccc2c(c1)NCC2. The summed E-state index contributed by atoms with van der Waals surface area (Å²) in [6.07, 6.45) is 4.54. The minimum atomic E-state index is 0.0426. The zero-order valence-corrected chi connectivity index (χ0v) is 12.0. The van der Waals surface area contributed by atoms with Gasteiger partial charge < -0.3 is 10.6 Å². The van der Waals surface area contributed by atoms with Crippen LogP contribution in [0.5, 0.6) is 0 Å². The van der Waals surface area contributed by atoms with E-state index >= 15 is 0 Å². The lowest BCUT2D eigenvalue weighted by molar-refractivity contribution is 0.0953. The summed E-state index contributed by atoms with van der Waals surface area (Å²) in [6, 6.07) is 5.95. The van der Waals surface area contributed by atoms with E-state index in [1.54, 1.807) is 0 Å². The van der Waals surface area contributed by atoms with E-state index in [4.69, 9.17) is 0 Å². The Bertz CT molecular complexity index is 440. The Morgan fingerprint density at radius 2 is 2.21 bits per heavy atom. The van der Waals surface area contributed by atoms with Crippen molar-refractivity contribution < 1.29 is 4.79 Å². The first-order valence-electron chi connectivity index (χ1n) is 7.32. The topological polar surface area (TPSA) is 41.1 Å². The molecule has 0 saturated heterocycles. The van der Waals surface area contributed by atoms with Crippen molar-refractivity contribution in [1.29, 1.82) is 0 Å². The van der Waals surface area contributed by atoms with Gasteiger partial charge in [0.05, 0.1) is 0 Å². The van der Waals surface area contributed by atoms with Gasteiger partial charge in [0.1, 0.15) is 0 Å². The maximum atomic E-state index is 12.0. The number of anilines is 1. The van der Waals surface area contributed by atoms with Gasteiger partial charge in [-0.2, -0.15) is 0 Å². The van der Waals surface area contributed by atoms with E-state index in [1.165, 1.54) is 18.4 Å². The van der Waals surface area contributed by atoms with Crippen LogP contribution < -0.4 is 10.6 Å². The van der Waals surface area contributed by atoms with Gasteiger partial charge in [0.25, 0.3) is 5.91 Å². The molecule has 1 aliphatic rings. The summed E-state index contributed by atoms with van der Waals surface area (Å²) in [7, 11) is 0. The lowest BCUT2D eigenvalue weighted by Gasteiger charge is -2.08. The van der Waals surface area contributed by atoms with Crippen molar-refractivity contribution in [2.75, 3.05) is 18.4 Å². The molecule has 0 saturated carbocycles. The van der Waals surface area contributed by atoms with Gasteiger partial charge in [-0.3, -0.25) is 4.79 Å². The average Bonchev–Trinajstić information content (AvgIpc) is 2.84. The zero-order chi connectivity index (χ0) is 13.7. The van der Waals surface area contributed by atoms with E-state index in [9.17, 15) is 4.79 Å². The number of hydrogen-bond donors (Lipinski definition) is 2. The minimum Gasteiger partial charge on any atom is -0.384 e. The van der Waals surface area contributed by atoms with Crippen molar-refractivity contribution in [3.8, 4) is 0 Å². The van der Waals surface area contributed by atoms with Crippen molar-refractivity contribution in [2.24, 2.45) is 5.92 Å². The molecule has 1 aromatic rings. The Labute approximate surface area is 115 Å². The Hall–Kier alpha value is -1.51. The highest BCUT2D eigenvalue weighted by atomic mass is 16.1. The molecule has 2 rings (SSSR count). The van der Waals surface area contributed by atoms with Crippen LogP contribution in [0, 0.1) is 5.92 Å². The van der Waals surface area contributed by atoms with Crippen LogP contribution in [0.1, 0.15) is 49.0 Å². The average molecular weight is 260 g/mol. The van der Waals surface area contributed by atoms with Crippen LogP contribution in [0.25, 0.3) is 0 Å². The Balaban J connectivity index is 1.77. The zero-order valence-electron chi connectivity index (χ0n) is 12.0. The van der Waals surface area contributed by atoms with Gasteiger partial charge in [0, 0.05) is 24.3 Å². The van der Waals surface area contributed by atoms with E-state index in [2.05, 4.69) is 30.5 Å². The number of rotatable bonds is 6. The minimum absolute atomic E-state index is 0.0426. The maximum Gasteiger partial charge on any atom is 0.251 e. The van der Waals surface area contributed by atoms with Gasteiger partial charge in [-0.05, 0) is 36.5 Å². The fourth-order valence-corrected chi connectivity index (χ4v) is 2.41. The molecule has 0 spiro atoms. The lowest BCUT2D eigenvalue weighted by atomic mass is 10.1. The van der Waals surface area contributed by atoms with E-state index < -0.39 is 0 Å². The first kappa shape index (κ1) is 13.9. The molecule has 0 radical (unpaired) electrons. The molecule has 1 aliphatic heterocycles. The molecule has 0 unspecified atom stereocenters. The predicted octanol–water partition coefficient (Wildman–Crippen LogP) is 3.21. The highest BCUT2D eigenvalue weighted by molar-refractivity contribution is 5.95. The van der Waals surface area contributed by atoms with Gasteiger partial charge in [-0.25, -0.2) is 0 Å². The molecular formula is C16H24N2O. The molecule has 0 bridgehead atoms. The molecule has 1 amide bonds. The number of carbonyl (C=O) groups excluding carboxylic acids is 1. The van der Waals surface area contributed by atoms with Crippen molar-refractivity contribution in [3.63, 3.8) is 0 Å². The van der Waals surface area contributed by atoms with Crippen LogP contribution in [0.2, 0.25) is 0 Å². The van der Waals surface area contributed by atoms with E-state index in [0.29, 0.717) is 0 Å². The van der Waals surface area contributed by atoms with Crippen molar-refractivity contribution in [1.82, 2.24) is 5.32 Å². The summed E-state index contributed by atoms with van der Waals surface area (Å²) in [5.41, 5.74) is 3.19. The number of carbonyl (C=O) groups is 1. The molecular weight excluding hydrogens is 236 g/mol. The first-order valence-corrected chi connectivity index (χ1v) is 7.32. The monoisotopic (exact) mass is 260 g/mol. The number of benzene rings is 1. The molecule has 19 heavy (non-hydrogen) atoms. The fourth-order valence-electron chi connectivity index (χ4n) is 2.41. The number of amides is 1. The van der Waals surface area contributed by atoms with Crippen molar-refractivity contribution in [3.05, 3.63) is 29.3 Å². The molecule has 1 aromatic carbocycles. The van der Waals surface area contributed by atoms with Crippen molar-refractivity contribution in [2.45, 2.75) is 39.5 Å². The number of hydrogen-bond acceptors (Lipinski definition) is 2. The second kappa shape index (κ2) is 6.60. The quantitative estimate of drug-likeness (QED) is 0.771. The highest BCUT2D eigenvalue weighted by Crippen LogP contribution is 2.23. The molecule has 3 heteroatoms. The maximum absolute atomic E-state index is 12.0. The van der Waals surface area contributed by atoms with Crippen LogP contribution in [0.15, 0.2) is 18.2 Å². The van der Waals surface area contributed by atoms with Crippen molar-refractivity contribution >= 4 is 11.6 Å².